The van der Waals surface area contributed by atoms with Crippen LogP contribution in [0.3, 0.4) is 0 Å². The van der Waals surface area contributed by atoms with Gasteiger partial charge >= 0.3 is 5.97 Å². The molecule has 1 aromatic heterocycles. The molecule has 1 amide bonds. The van der Waals surface area contributed by atoms with Gasteiger partial charge in [0.05, 0.1) is 31.4 Å². The molecule has 10 heteroatoms. The third kappa shape index (κ3) is 2.73. The molecule has 1 aromatic carbocycles. The van der Waals surface area contributed by atoms with Crippen molar-refractivity contribution in [3.05, 3.63) is 42.2 Å². The number of carboxylic acids is 1. The van der Waals surface area contributed by atoms with Crippen molar-refractivity contribution in [2.75, 3.05) is 13.7 Å². The van der Waals surface area contributed by atoms with Crippen LogP contribution in [0.25, 0.3) is 5.69 Å². The summed E-state index contributed by atoms with van der Waals surface area (Å²) in [6, 6.07) is 7.44. The highest BCUT2D eigenvalue weighted by Gasteiger charge is 2.69. The van der Waals surface area contributed by atoms with Crippen LogP contribution in [0.15, 0.2) is 36.4 Å². The average molecular weight is 451 g/mol. The minimum absolute atomic E-state index is 0.180. The molecular weight excluding hydrogens is 426 g/mol. The second-order valence-electron chi connectivity index (χ2n) is 9.37. The van der Waals surface area contributed by atoms with Crippen molar-refractivity contribution in [1.82, 2.24) is 25.1 Å². The lowest BCUT2D eigenvalue weighted by Gasteiger charge is -2.44. The third-order valence-corrected chi connectivity index (χ3v) is 7.79. The number of methoxy groups -OCH3 is 1. The van der Waals surface area contributed by atoms with Crippen LogP contribution in [0.5, 0.6) is 5.75 Å². The van der Waals surface area contributed by atoms with E-state index in [4.69, 9.17) is 9.47 Å². The smallest absolute Gasteiger partial charge is 0.310 e. The lowest BCUT2D eigenvalue weighted by atomic mass is 9.77. The van der Waals surface area contributed by atoms with Crippen molar-refractivity contribution in [3.63, 3.8) is 0 Å². The number of hydrogen-bond acceptors (Lipinski definition) is 7. The highest BCUT2D eigenvalue weighted by molar-refractivity contribution is 5.91. The van der Waals surface area contributed by atoms with Gasteiger partial charge in [0, 0.05) is 0 Å². The van der Waals surface area contributed by atoms with Crippen molar-refractivity contribution >= 4 is 11.9 Å². The zero-order valence-corrected chi connectivity index (χ0v) is 18.3. The summed E-state index contributed by atoms with van der Waals surface area (Å²) in [4.78, 5) is 27.7. The molecule has 1 spiro atoms. The average Bonchev–Trinajstić information content (AvgIpc) is 3.60. The highest BCUT2D eigenvalue weighted by Crippen LogP contribution is 2.56. The number of amides is 1. The van der Waals surface area contributed by atoms with E-state index >= 15 is 0 Å². The number of ether oxygens (including phenoxy) is 2. The molecule has 6 rings (SSSR count). The van der Waals surface area contributed by atoms with E-state index in [9.17, 15) is 14.7 Å². The molecule has 2 saturated heterocycles. The lowest BCUT2D eigenvalue weighted by Crippen LogP contribution is -2.52. The molecule has 4 atom stereocenters. The molecule has 10 nitrogen and oxygen atoms in total. The number of rotatable bonds is 5. The Morgan fingerprint density at radius 2 is 1.97 bits per heavy atom. The standard InChI is InChI=1S/C23H25N5O5/c1-32-15-7-5-14(6-8-15)28-21(24-25-26-28)22(10-3-2-4-11-22)27-13-23-12-9-16(33-23)17(20(30)31)18(23)19(27)29/h5-9,12,16-18H,2-4,10-11,13H2,1H3,(H,30,31)/t16-,17+,18-,23+/m1/s1. The van der Waals surface area contributed by atoms with Crippen molar-refractivity contribution in [1.29, 1.82) is 0 Å². The van der Waals surface area contributed by atoms with E-state index in [1.54, 1.807) is 17.9 Å². The molecule has 172 valence electrons. The van der Waals surface area contributed by atoms with Crippen LogP contribution in [0.1, 0.15) is 37.9 Å². The molecule has 4 aliphatic rings. The van der Waals surface area contributed by atoms with E-state index in [1.165, 1.54) is 0 Å². The van der Waals surface area contributed by atoms with E-state index in [0.29, 0.717) is 25.2 Å². The van der Waals surface area contributed by atoms with Gasteiger partial charge in [-0.15, -0.1) is 5.10 Å². The number of fused-ring (bicyclic) bond motifs is 1. The van der Waals surface area contributed by atoms with Crippen LogP contribution < -0.4 is 4.74 Å². The number of carbonyl (C=O) groups excluding carboxylic acids is 1. The molecule has 2 aromatic rings. The maximum atomic E-state index is 13.9. The van der Waals surface area contributed by atoms with E-state index in [1.807, 2.05) is 35.2 Å². The topological polar surface area (TPSA) is 120 Å². The van der Waals surface area contributed by atoms with Gasteiger partial charge in [-0.05, 0) is 47.5 Å². The molecule has 0 radical (unpaired) electrons. The Bertz CT molecular complexity index is 1140. The summed E-state index contributed by atoms with van der Waals surface area (Å²) in [7, 11) is 1.61. The Labute approximate surface area is 190 Å². The first-order chi connectivity index (χ1) is 16.0. The van der Waals surface area contributed by atoms with Crippen molar-refractivity contribution in [2.24, 2.45) is 11.8 Å². The number of likely N-dealkylation sites (tertiary alicyclic amines) is 1. The van der Waals surface area contributed by atoms with Crippen LogP contribution in [0.4, 0.5) is 0 Å². The van der Waals surface area contributed by atoms with Gasteiger partial charge in [0.25, 0.3) is 0 Å². The number of carbonyl (C=O) groups is 2. The van der Waals surface area contributed by atoms with Crippen LogP contribution in [0, 0.1) is 11.8 Å². The number of aromatic nitrogens is 4. The Hall–Kier alpha value is -3.27. The third-order valence-electron chi connectivity index (χ3n) is 7.79. The summed E-state index contributed by atoms with van der Waals surface area (Å²) in [5.41, 5.74) is -0.852. The van der Waals surface area contributed by atoms with E-state index in [2.05, 4.69) is 15.5 Å². The molecule has 1 saturated carbocycles. The van der Waals surface area contributed by atoms with Crippen LogP contribution >= 0.6 is 0 Å². The van der Waals surface area contributed by atoms with Crippen LogP contribution in [-0.4, -0.2) is 67.4 Å². The van der Waals surface area contributed by atoms with Crippen molar-refractivity contribution < 1.29 is 24.2 Å². The first-order valence-electron chi connectivity index (χ1n) is 11.3. The number of carboxylic acid groups (broad SMARTS) is 1. The second-order valence-corrected chi connectivity index (χ2v) is 9.37. The predicted molar refractivity (Wildman–Crippen MR) is 114 cm³/mol. The Kier molecular flexibility index (Phi) is 4.39. The lowest BCUT2D eigenvalue weighted by molar-refractivity contribution is -0.150. The van der Waals surface area contributed by atoms with Gasteiger partial charge in [0.2, 0.25) is 5.91 Å². The first kappa shape index (κ1) is 20.3. The zero-order chi connectivity index (χ0) is 22.8. The largest absolute Gasteiger partial charge is 0.497 e. The predicted octanol–water partition coefficient (Wildman–Crippen LogP) is 1.70. The molecule has 0 unspecified atom stereocenters. The zero-order valence-electron chi connectivity index (χ0n) is 18.3. The second kappa shape index (κ2) is 7.11. The minimum atomic E-state index is -0.993. The molecule has 1 N–H and O–H groups in total. The van der Waals surface area contributed by atoms with Gasteiger partial charge in [0.15, 0.2) is 5.82 Å². The normalized spacial score (nSPS) is 31.7. The van der Waals surface area contributed by atoms with Gasteiger partial charge in [-0.3, -0.25) is 9.59 Å². The van der Waals surface area contributed by atoms with E-state index in [0.717, 1.165) is 30.7 Å². The molecule has 4 heterocycles. The molecule has 1 aliphatic carbocycles. The number of nitrogens with zero attached hydrogens (tertiary/aromatic N) is 5. The summed E-state index contributed by atoms with van der Waals surface area (Å²) in [6.45, 7) is 0.308. The summed E-state index contributed by atoms with van der Waals surface area (Å²) < 4.78 is 13.1. The summed E-state index contributed by atoms with van der Waals surface area (Å²) >= 11 is 0. The minimum Gasteiger partial charge on any atom is -0.497 e. The molecule has 3 fully saturated rings. The van der Waals surface area contributed by atoms with E-state index < -0.39 is 35.0 Å². The van der Waals surface area contributed by atoms with Crippen LogP contribution in [-0.2, 0) is 19.9 Å². The first-order valence-corrected chi connectivity index (χ1v) is 11.3. The van der Waals surface area contributed by atoms with E-state index in [-0.39, 0.29) is 5.91 Å². The fourth-order valence-corrected chi connectivity index (χ4v) is 6.27. The number of tetrazole rings is 1. The summed E-state index contributed by atoms with van der Waals surface area (Å²) in [5.74, 6) is -1.45. The van der Waals surface area contributed by atoms with Crippen molar-refractivity contribution in [3.8, 4) is 11.4 Å². The van der Waals surface area contributed by atoms with Crippen LogP contribution in [0.2, 0.25) is 0 Å². The van der Waals surface area contributed by atoms with Gasteiger partial charge < -0.3 is 19.5 Å². The van der Waals surface area contributed by atoms with Gasteiger partial charge in [-0.1, -0.05) is 31.4 Å². The summed E-state index contributed by atoms with van der Waals surface area (Å²) in [6.07, 6.45) is 7.48. The Morgan fingerprint density at radius 3 is 2.67 bits per heavy atom. The summed E-state index contributed by atoms with van der Waals surface area (Å²) in [5, 5.41) is 22.5. The quantitative estimate of drug-likeness (QED) is 0.682. The van der Waals surface area contributed by atoms with Gasteiger partial charge in [0.1, 0.15) is 22.8 Å². The monoisotopic (exact) mass is 451 g/mol. The number of hydrogen-bond donors (Lipinski definition) is 1. The number of aliphatic carboxylic acids is 1. The molecule has 3 aliphatic heterocycles. The Morgan fingerprint density at radius 1 is 1.21 bits per heavy atom. The SMILES string of the molecule is COc1ccc(-n2nnnc2C2(N3C[C@]45C=C[C@@H](O4)[C@H](C(=O)O)[C@@H]5C3=O)CCCCC2)cc1. The fraction of sp³-hybridized carbons (Fsp3) is 0.522. The maximum Gasteiger partial charge on any atom is 0.310 e. The van der Waals surface area contributed by atoms with Gasteiger partial charge in [-0.2, -0.15) is 4.68 Å². The molecular formula is C23H25N5O5. The Balaban J connectivity index is 1.44. The molecule has 2 bridgehead atoms. The van der Waals surface area contributed by atoms with Gasteiger partial charge in [-0.25, -0.2) is 0 Å². The molecule has 33 heavy (non-hydrogen) atoms. The maximum absolute atomic E-state index is 13.9. The number of benzene rings is 1. The van der Waals surface area contributed by atoms with Crippen molar-refractivity contribution in [2.45, 2.75) is 49.3 Å². The fourth-order valence-electron chi connectivity index (χ4n) is 6.27. The highest BCUT2D eigenvalue weighted by atomic mass is 16.5.